The minimum Gasteiger partial charge on any atom is -0.496 e. The van der Waals surface area contributed by atoms with Crippen molar-refractivity contribution in [2.75, 3.05) is 19.0 Å². The van der Waals surface area contributed by atoms with E-state index in [4.69, 9.17) is 10.5 Å². The van der Waals surface area contributed by atoms with E-state index in [0.29, 0.717) is 18.9 Å². The number of hydrogen-bond donors (Lipinski definition) is 2. The van der Waals surface area contributed by atoms with Crippen molar-refractivity contribution in [3.05, 3.63) is 22.7 Å². The molecule has 0 spiro atoms. The van der Waals surface area contributed by atoms with Gasteiger partial charge in [-0.3, -0.25) is 4.79 Å². The number of carbonyl (C=O) groups is 1. The van der Waals surface area contributed by atoms with Gasteiger partial charge in [0.25, 0.3) is 0 Å². The van der Waals surface area contributed by atoms with Crippen LogP contribution in [0.4, 0.5) is 5.69 Å². The molecule has 0 radical (unpaired) electrons. The molecule has 0 heterocycles. The predicted octanol–water partition coefficient (Wildman–Crippen LogP) is 3.94. The third-order valence-electron chi connectivity index (χ3n) is 3.49. The Hall–Kier alpha value is -1.07. The van der Waals surface area contributed by atoms with Crippen LogP contribution in [0.25, 0.3) is 0 Å². The van der Waals surface area contributed by atoms with Crippen molar-refractivity contribution in [2.45, 2.75) is 39.0 Å². The lowest BCUT2D eigenvalue weighted by atomic mass is 9.94. The van der Waals surface area contributed by atoms with Crippen LogP contribution in [-0.4, -0.2) is 19.6 Å². The van der Waals surface area contributed by atoms with Gasteiger partial charge in [-0.05, 0) is 59.4 Å². The first-order valence-corrected chi connectivity index (χ1v) is 8.23. The highest BCUT2D eigenvalue weighted by Gasteiger charge is 2.11. The molecule has 1 rings (SSSR count). The summed E-state index contributed by atoms with van der Waals surface area (Å²) in [5, 5.41) is 2.92. The van der Waals surface area contributed by atoms with Crippen LogP contribution < -0.4 is 15.8 Å². The van der Waals surface area contributed by atoms with Crippen molar-refractivity contribution in [3.8, 4) is 5.75 Å². The van der Waals surface area contributed by atoms with Gasteiger partial charge in [-0.1, -0.05) is 19.8 Å². The summed E-state index contributed by atoms with van der Waals surface area (Å²) < 4.78 is 5.99. The first-order chi connectivity index (χ1) is 10.1. The second-order valence-corrected chi connectivity index (χ2v) is 6.02. The molecule has 0 bridgehead atoms. The first-order valence-electron chi connectivity index (χ1n) is 7.44. The molecule has 3 N–H and O–H groups in total. The summed E-state index contributed by atoms with van der Waals surface area (Å²) in [5.41, 5.74) is 6.39. The third-order valence-corrected chi connectivity index (χ3v) is 4.11. The van der Waals surface area contributed by atoms with E-state index in [0.717, 1.165) is 41.6 Å². The number of anilines is 1. The fourth-order valence-corrected chi connectivity index (χ4v) is 2.92. The first kappa shape index (κ1) is 18.0. The molecule has 0 aliphatic carbocycles. The predicted molar refractivity (Wildman–Crippen MR) is 90.6 cm³/mol. The Labute approximate surface area is 135 Å². The Morgan fingerprint density at radius 3 is 2.71 bits per heavy atom. The normalized spacial score (nSPS) is 12.0. The molecular weight excluding hydrogens is 332 g/mol. The van der Waals surface area contributed by atoms with Gasteiger partial charge in [0.15, 0.2) is 0 Å². The summed E-state index contributed by atoms with van der Waals surface area (Å²) >= 11 is 3.41. The molecule has 118 valence electrons. The SMILES string of the molecule is CCCC(CCN)CCC(=O)Nc1ccc(OC)c(Br)c1. The Morgan fingerprint density at radius 1 is 1.38 bits per heavy atom. The molecule has 0 aromatic heterocycles. The van der Waals surface area contributed by atoms with Gasteiger partial charge in [-0.25, -0.2) is 0 Å². The van der Waals surface area contributed by atoms with Gasteiger partial charge in [-0.2, -0.15) is 0 Å². The molecule has 0 fully saturated rings. The number of amides is 1. The molecule has 1 amide bonds. The number of carbonyl (C=O) groups excluding carboxylic acids is 1. The molecule has 1 aromatic carbocycles. The van der Waals surface area contributed by atoms with Crippen molar-refractivity contribution in [1.82, 2.24) is 0 Å². The Bertz CT molecular complexity index is 446. The summed E-state index contributed by atoms with van der Waals surface area (Å²) in [7, 11) is 1.61. The number of nitrogens with two attached hydrogens (primary N) is 1. The quantitative estimate of drug-likeness (QED) is 0.704. The number of benzene rings is 1. The third kappa shape index (κ3) is 6.48. The molecule has 1 aromatic rings. The molecule has 0 aliphatic rings. The maximum Gasteiger partial charge on any atom is 0.224 e. The Balaban J connectivity index is 2.47. The maximum absolute atomic E-state index is 12.0. The zero-order valence-corrected chi connectivity index (χ0v) is 14.4. The van der Waals surface area contributed by atoms with Crippen LogP contribution in [0, 0.1) is 5.92 Å². The molecule has 0 saturated carbocycles. The molecule has 0 saturated heterocycles. The van der Waals surface area contributed by atoms with Gasteiger partial charge < -0.3 is 15.8 Å². The highest BCUT2D eigenvalue weighted by molar-refractivity contribution is 9.10. The van der Waals surface area contributed by atoms with E-state index in [2.05, 4.69) is 28.2 Å². The summed E-state index contributed by atoms with van der Waals surface area (Å²) in [6.45, 7) is 2.86. The van der Waals surface area contributed by atoms with Crippen molar-refractivity contribution >= 4 is 27.5 Å². The van der Waals surface area contributed by atoms with Crippen LogP contribution in [0.5, 0.6) is 5.75 Å². The lowest BCUT2D eigenvalue weighted by molar-refractivity contribution is -0.116. The lowest BCUT2D eigenvalue weighted by Gasteiger charge is -2.15. The number of nitrogens with one attached hydrogen (secondary N) is 1. The largest absolute Gasteiger partial charge is 0.496 e. The topological polar surface area (TPSA) is 64.4 Å². The maximum atomic E-state index is 12.0. The molecule has 21 heavy (non-hydrogen) atoms. The zero-order valence-electron chi connectivity index (χ0n) is 12.8. The van der Waals surface area contributed by atoms with Crippen LogP contribution >= 0.6 is 15.9 Å². The van der Waals surface area contributed by atoms with Gasteiger partial charge in [0.1, 0.15) is 5.75 Å². The molecule has 0 aliphatic heterocycles. The highest BCUT2D eigenvalue weighted by atomic mass is 79.9. The fraction of sp³-hybridized carbons (Fsp3) is 0.562. The number of hydrogen-bond acceptors (Lipinski definition) is 3. The van der Waals surface area contributed by atoms with E-state index in [9.17, 15) is 4.79 Å². The van der Waals surface area contributed by atoms with E-state index in [-0.39, 0.29) is 5.91 Å². The van der Waals surface area contributed by atoms with Gasteiger partial charge in [0.05, 0.1) is 11.6 Å². The average molecular weight is 357 g/mol. The van der Waals surface area contributed by atoms with Gasteiger partial charge in [0.2, 0.25) is 5.91 Å². The number of rotatable bonds is 9. The fourth-order valence-electron chi connectivity index (χ4n) is 2.38. The molecule has 4 nitrogen and oxygen atoms in total. The van der Waals surface area contributed by atoms with E-state index in [1.807, 2.05) is 18.2 Å². The standard InChI is InChI=1S/C16H25BrN2O2/c1-3-4-12(9-10-18)5-8-16(20)19-13-6-7-15(21-2)14(17)11-13/h6-7,11-12H,3-5,8-10,18H2,1-2H3,(H,19,20). The van der Waals surface area contributed by atoms with E-state index < -0.39 is 0 Å². The number of ether oxygens (including phenoxy) is 1. The minimum absolute atomic E-state index is 0.0465. The van der Waals surface area contributed by atoms with Crippen molar-refractivity contribution in [2.24, 2.45) is 11.7 Å². The number of halogens is 1. The van der Waals surface area contributed by atoms with Crippen LogP contribution in [0.1, 0.15) is 39.0 Å². The summed E-state index contributed by atoms with van der Waals surface area (Å²) in [6, 6.07) is 5.51. The van der Waals surface area contributed by atoms with Crippen molar-refractivity contribution < 1.29 is 9.53 Å². The van der Waals surface area contributed by atoms with Crippen molar-refractivity contribution in [3.63, 3.8) is 0 Å². The summed E-state index contributed by atoms with van der Waals surface area (Å²) in [6.07, 6.45) is 4.70. The highest BCUT2D eigenvalue weighted by Crippen LogP contribution is 2.28. The molecule has 5 heteroatoms. The number of methoxy groups -OCH3 is 1. The van der Waals surface area contributed by atoms with Crippen LogP contribution in [0.15, 0.2) is 22.7 Å². The van der Waals surface area contributed by atoms with Crippen molar-refractivity contribution in [1.29, 1.82) is 0 Å². The van der Waals surface area contributed by atoms with Crippen LogP contribution in [0.3, 0.4) is 0 Å². The zero-order chi connectivity index (χ0) is 15.7. The Morgan fingerprint density at radius 2 is 2.14 bits per heavy atom. The van der Waals surface area contributed by atoms with Gasteiger partial charge in [0, 0.05) is 12.1 Å². The smallest absolute Gasteiger partial charge is 0.224 e. The van der Waals surface area contributed by atoms with Gasteiger partial charge in [-0.15, -0.1) is 0 Å². The second-order valence-electron chi connectivity index (χ2n) is 5.17. The van der Waals surface area contributed by atoms with Crippen LogP contribution in [-0.2, 0) is 4.79 Å². The van der Waals surface area contributed by atoms with Crippen LogP contribution in [0.2, 0.25) is 0 Å². The van der Waals surface area contributed by atoms with Gasteiger partial charge >= 0.3 is 0 Å². The molecular formula is C16H25BrN2O2. The van der Waals surface area contributed by atoms with E-state index >= 15 is 0 Å². The summed E-state index contributed by atoms with van der Waals surface area (Å²) in [4.78, 5) is 12.0. The van der Waals surface area contributed by atoms with E-state index in [1.165, 1.54) is 0 Å². The lowest BCUT2D eigenvalue weighted by Crippen LogP contribution is -2.15. The second kappa shape index (κ2) is 9.79. The Kier molecular flexibility index (Phi) is 8.38. The summed E-state index contributed by atoms with van der Waals surface area (Å²) in [5.74, 6) is 1.34. The molecule has 1 unspecified atom stereocenters. The van der Waals surface area contributed by atoms with E-state index in [1.54, 1.807) is 7.11 Å². The molecule has 1 atom stereocenters. The average Bonchev–Trinajstić information content (AvgIpc) is 2.45. The monoisotopic (exact) mass is 356 g/mol. The minimum atomic E-state index is 0.0465.